The number of aromatic nitrogens is 2. The largest absolute Gasteiger partial charge is 0.439 e. The molecule has 5 heteroatoms. The molecule has 0 aliphatic heterocycles. The van der Waals surface area contributed by atoms with E-state index in [1.54, 1.807) is 12.1 Å². The van der Waals surface area contributed by atoms with Gasteiger partial charge in [0.1, 0.15) is 23.7 Å². The zero-order valence-electron chi connectivity index (χ0n) is 11.0. The molecule has 0 amide bonds. The highest BCUT2D eigenvalue weighted by molar-refractivity contribution is 5.49. The monoisotopic (exact) mass is 261 g/mol. The van der Waals surface area contributed by atoms with Crippen molar-refractivity contribution >= 4 is 5.82 Å². The second kappa shape index (κ2) is 6.13. The normalized spacial score (nSPS) is 10.3. The first-order valence-electron chi connectivity index (χ1n) is 6.19. The molecule has 0 spiro atoms. The molecule has 19 heavy (non-hydrogen) atoms. The minimum Gasteiger partial charge on any atom is -0.439 e. The summed E-state index contributed by atoms with van der Waals surface area (Å²) in [5, 5.41) is 3.02. The molecule has 0 saturated heterocycles. The van der Waals surface area contributed by atoms with E-state index in [-0.39, 0.29) is 5.82 Å². The van der Waals surface area contributed by atoms with Crippen LogP contribution in [0.15, 0.2) is 30.6 Å². The molecule has 1 N–H and O–H groups in total. The number of nitrogens with one attached hydrogen (secondary N) is 1. The summed E-state index contributed by atoms with van der Waals surface area (Å²) in [6.07, 6.45) is 3.22. The van der Waals surface area contributed by atoms with E-state index in [4.69, 9.17) is 4.74 Å². The van der Waals surface area contributed by atoms with Gasteiger partial charge >= 0.3 is 0 Å². The van der Waals surface area contributed by atoms with Gasteiger partial charge in [-0.05, 0) is 30.7 Å². The van der Waals surface area contributed by atoms with Gasteiger partial charge in [-0.25, -0.2) is 14.4 Å². The summed E-state index contributed by atoms with van der Waals surface area (Å²) in [6, 6.07) is 5.86. The highest BCUT2D eigenvalue weighted by Gasteiger charge is 2.11. The summed E-state index contributed by atoms with van der Waals surface area (Å²) in [5.41, 5.74) is 0.928. The molecular formula is C14H16FN3O. The van der Waals surface area contributed by atoms with Gasteiger partial charge in [0, 0.05) is 7.05 Å². The van der Waals surface area contributed by atoms with Crippen molar-refractivity contribution in [3.63, 3.8) is 0 Å². The second-order valence-corrected chi connectivity index (χ2v) is 4.06. The number of hydrogen-bond acceptors (Lipinski definition) is 4. The van der Waals surface area contributed by atoms with E-state index in [0.29, 0.717) is 11.6 Å². The highest BCUT2D eigenvalue weighted by Crippen LogP contribution is 2.27. The van der Waals surface area contributed by atoms with E-state index >= 15 is 0 Å². The Morgan fingerprint density at radius 2 is 1.95 bits per heavy atom. The number of hydrogen-bond donors (Lipinski definition) is 1. The SMILES string of the molecule is CCCc1c(NC)ncnc1Oc1ccc(F)cc1. The molecule has 0 unspecified atom stereocenters. The molecule has 0 atom stereocenters. The number of benzene rings is 1. The maximum Gasteiger partial charge on any atom is 0.227 e. The van der Waals surface area contributed by atoms with Crippen molar-refractivity contribution in [2.45, 2.75) is 19.8 Å². The van der Waals surface area contributed by atoms with Gasteiger partial charge in [0.25, 0.3) is 0 Å². The van der Waals surface area contributed by atoms with Crippen molar-refractivity contribution in [2.24, 2.45) is 0 Å². The Morgan fingerprint density at radius 3 is 2.58 bits per heavy atom. The van der Waals surface area contributed by atoms with Crippen LogP contribution in [0.2, 0.25) is 0 Å². The van der Waals surface area contributed by atoms with Crippen LogP contribution in [0.25, 0.3) is 0 Å². The lowest BCUT2D eigenvalue weighted by molar-refractivity contribution is 0.453. The molecule has 0 aliphatic carbocycles. The van der Waals surface area contributed by atoms with E-state index in [0.717, 1.165) is 24.2 Å². The summed E-state index contributed by atoms with van der Waals surface area (Å²) >= 11 is 0. The fraction of sp³-hybridized carbons (Fsp3) is 0.286. The summed E-state index contributed by atoms with van der Waals surface area (Å²) < 4.78 is 18.6. The topological polar surface area (TPSA) is 47.0 Å². The summed E-state index contributed by atoms with van der Waals surface area (Å²) in [4.78, 5) is 8.33. The van der Waals surface area contributed by atoms with E-state index in [1.807, 2.05) is 7.05 Å². The Hall–Kier alpha value is -2.17. The third kappa shape index (κ3) is 3.19. The minimum absolute atomic E-state index is 0.292. The molecular weight excluding hydrogens is 245 g/mol. The average Bonchev–Trinajstić information content (AvgIpc) is 2.43. The Kier molecular flexibility index (Phi) is 4.28. The van der Waals surface area contributed by atoms with Gasteiger partial charge in [-0.15, -0.1) is 0 Å². The molecule has 0 fully saturated rings. The Labute approximate surface area is 111 Å². The number of anilines is 1. The number of nitrogens with zero attached hydrogens (tertiary/aromatic N) is 2. The zero-order chi connectivity index (χ0) is 13.7. The van der Waals surface area contributed by atoms with E-state index in [2.05, 4.69) is 22.2 Å². The second-order valence-electron chi connectivity index (χ2n) is 4.06. The van der Waals surface area contributed by atoms with Gasteiger partial charge in [0.2, 0.25) is 5.88 Å². The van der Waals surface area contributed by atoms with Crippen LogP contribution in [-0.4, -0.2) is 17.0 Å². The molecule has 1 aromatic carbocycles. The van der Waals surface area contributed by atoms with E-state index in [9.17, 15) is 4.39 Å². The van der Waals surface area contributed by atoms with Crippen molar-refractivity contribution in [1.29, 1.82) is 0 Å². The van der Waals surface area contributed by atoms with Crippen molar-refractivity contribution in [3.05, 3.63) is 42.0 Å². The molecule has 0 aliphatic rings. The van der Waals surface area contributed by atoms with Crippen LogP contribution in [0.1, 0.15) is 18.9 Å². The van der Waals surface area contributed by atoms with Gasteiger partial charge in [0.05, 0.1) is 5.56 Å². The lowest BCUT2D eigenvalue weighted by atomic mass is 10.1. The Morgan fingerprint density at radius 1 is 1.21 bits per heavy atom. The van der Waals surface area contributed by atoms with Crippen LogP contribution >= 0.6 is 0 Å². The first kappa shape index (κ1) is 13.3. The summed E-state index contributed by atoms with van der Waals surface area (Å²) in [6.45, 7) is 2.08. The maximum atomic E-state index is 12.9. The van der Waals surface area contributed by atoms with Gasteiger partial charge < -0.3 is 10.1 Å². The van der Waals surface area contributed by atoms with Crippen molar-refractivity contribution in [1.82, 2.24) is 9.97 Å². The molecule has 2 rings (SSSR count). The van der Waals surface area contributed by atoms with Crippen LogP contribution in [0.3, 0.4) is 0 Å². The quantitative estimate of drug-likeness (QED) is 0.896. The van der Waals surface area contributed by atoms with E-state index in [1.165, 1.54) is 18.5 Å². The molecule has 0 radical (unpaired) electrons. The lowest BCUT2D eigenvalue weighted by Gasteiger charge is -2.12. The predicted octanol–water partition coefficient (Wildman–Crippen LogP) is 3.40. The third-order valence-electron chi connectivity index (χ3n) is 2.67. The number of rotatable bonds is 5. The number of halogens is 1. The van der Waals surface area contributed by atoms with Crippen LogP contribution < -0.4 is 10.1 Å². The van der Waals surface area contributed by atoms with Crippen LogP contribution in [0, 0.1) is 5.82 Å². The molecule has 2 aromatic rings. The summed E-state index contributed by atoms with van der Waals surface area (Å²) in [5.74, 6) is 1.53. The minimum atomic E-state index is -0.292. The van der Waals surface area contributed by atoms with Crippen LogP contribution in [-0.2, 0) is 6.42 Å². The standard InChI is InChI=1S/C14H16FN3O/c1-3-4-12-13(16-2)17-9-18-14(12)19-11-7-5-10(15)6-8-11/h5-9H,3-4H2,1-2H3,(H,16,17,18). The molecule has 4 nitrogen and oxygen atoms in total. The smallest absolute Gasteiger partial charge is 0.227 e. The zero-order valence-corrected chi connectivity index (χ0v) is 11.0. The molecule has 100 valence electrons. The van der Waals surface area contributed by atoms with Crippen molar-refractivity contribution in [2.75, 3.05) is 12.4 Å². The third-order valence-corrected chi connectivity index (χ3v) is 2.67. The van der Waals surface area contributed by atoms with Gasteiger partial charge in [-0.3, -0.25) is 0 Å². The Balaban J connectivity index is 2.30. The lowest BCUT2D eigenvalue weighted by Crippen LogP contribution is -2.03. The van der Waals surface area contributed by atoms with Gasteiger partial charge in [0.15, 0.2) is 0 Å². The Bertz CT molecular complexity index is 543. The van der Waals surface area contributed by atoms with Gasteiger partial charge in [-0.1, -0.05) is 13.3 Å². The molecule has 1 heterocycles. The van der Waals surface area contributed by atoms with Crippen LogP contribution in [0.5, 0.6) is 11.6 Å². The molecule has 0 bridgehead atoms. The van der Waals surface area contributed by atoms with Crippen molar-refractivity contribution < 1.29 is 9.13 Å². The molecule has 0 saturated carbocycles. The fourth-order valence-corrected chi connectivity index (χ4v) is 1.79. The fourth-order valence-electron chi connectivity index (χ4n) is 1.79. The average molecular weight is 261 g/mol. The van der Waals surface area contributed by atoms with Crippen molar-refractivity contribution in [3.8, 4) is 11.6 Å². The van der Waals surface area contributed by atoms with E-state index < -0.39 is 0 Å². The first-order chi connectivity index (χ1) is 9.24. The highest BCUT2D eigenvalue weighted by atomic mass is 19.1. The van der Waals surface area contributed by atoms with Crippen LogP contribution in [0.4, 0.5) is 10.2 Å². The number of ether oxygens (including phenoxy) is 1. The maximum absolute atomic E-state index is 12.9. The molecule has 1 aromatic heterocycles. The predicted molar refractivity (Wildman–Crippen MR) is 72.0 cm³/mol. The van der Waals surface area contributed by atoms with Gasteiger partial charge in [-0.2, -0.15) is 0 Å². The first-order valence-corrected chi connectivity index (χ1v) is 6.19. The summed E-state index contributed by atoms with van der Waals surface area (Å²) in [7, 11) is 1.81.